The van der Waals surface area contributed by atoms with E-state index in [1.807, 2.05) is 6.07 Å². The number of nitrogens with zero attached hydrogens (tertiary/aromatic N) is 3. The molecule has 0 saturated heterocycles. The molecule has 31 heavy (non-hydrogen) atoms. The number of fused-ring (bicyclic) bond motifs is 1. The highest BCUT2D eigenvalue weighted by Gasteiger charge is 2.33. The summed E-state index contributed by atoms with van der Waals surface area (Å²) in [4.78, 5) is 12.4. The minimum Gasteiger partial charge on any atom is -0.493 e. The monoisotopic (exact) mass is 446 g/mol. The third-order valence-corrected chi connectivity index (χ3v) is 5.57. The van der Waals surface area contributed by atoms with E-state index in [9.17, 15) is 13.2 Å². The SMILES string of the molecule is COc1ccc(CNc2nc(-c3cccnc3)nc3sc(C(F)(F)F)cc23)cc1OC. The Balaban J connectivity index is 1.73. The van der Waals surface area contributed by atoms with Crippen molar-refractivity contribution in [2.45, 2.75) is 12.7 Å². The lowest BCUT2D eigenvalue weighted by Gasteiger charge is -2.12. The molecule has 0 radical (unpaired) electrons. The molecule has 0 saturated carbocycles. The van der Waals surface area contributed by atoms with Gasteiger partial charge in [-0.25, -0.2) is 9.97 Å². The Bertz CT molecular complexity index is 1210. The summed E-state index contributed by atoms with van der Waals surface area (Å²) in [5.41, 5.74) is 1.46. The summed E-state index contributed by atoms with van der Waals surface area (Å²) >= 11 is 0.587. The number of halogens is 3. The molecule has 0 spiro atoms. The smallest absolute Gasteiger partial charge is 0.425 e. The number of benzene rings is 1. The lowest BCUT2D eigenvalue weighted by atomic mass is 10.2. The molecule has 4 rings (SSSR count). The van der Waals surface area contributed by atoms with Crippen molar-refractivity contribution < 1.29 is 22.6 Å². The molecule has 0 aliphatic rings. The Morgan fingerprint density at radius 1 is 1.03 bits per heavy atom. The van der Waals surface area contributed by atoms with Crippen molar-refractivity contribution >= 4 is 27.4 Å². The summed E-state index contributed by atoms with van der Waals surface area (Å²) in [5.74, 6) is 1.75. The molecule has 3 heterocycles. The second kappa shape index (κ2) is 8.38. The first kappa shape index (κ1) is 20.9. The van der Waals surface area contributed by atoms with Gasteiger partial charge in [-0.3, -0.25) is 4.98 Å². The minimum absolute atomic E-state index is 0.246. The quantitative estimate of drug-likeness (QED) is 0.428. The number of hydrogen-bond donors (Lipinski definition) is 1. The zero-order valence-corrected chi connectivity index (χ0v) is 17.3. The van der Waals surface area contributed by atoms with Crippen LogP contribution in [0.1, 0.15) is 10.4 Å². The predicted octanol–water partition coefficient (Wildman–Crippen LogP) is 5.40. The fourth-order valence-corrected chi connectivity index (χ4v) is 3.89. The van der Waals surface area contributed by atoms with Crippen LogP contribution < -0.4 is 14.8 Å². The molecule has 160 valence electrons. The topological polar surface area (TPSA) is 69.2 Å². The van der Waals surface area contributed by atoms with Gasteiger partial charge in [0, 0.05) is 24.5 Å². The number of aromatic nitrogens is 3. The van der Waals surface area contributed by atoms with Gasteiger partial charge in [0.1, 0.15) is 15.5 Å². The van der Waals surface area contributed by atoms with Gasteiger partial charge in [0.25, 0.3) is 0 Å². The Kier molecular flexibility index (Phi) is 5.64. The summed E-state index contributed by atoms with van der Waals surface area (Å²) < 4.78 is 50.4. The van der Waals surface area contributed by atoms with Gasteiger partial charge in [-0.1, -0.05) is 6.07 Å². The van der Waals surface area contributed by atoms with Gasteiger partial charge in [-0.15, -0.1) is 11.3 Å². The maximum absolute atomic E-state index is 13.3. The predicted molar refractivity (Wildman–Crippen MR) is 113 cm³/mol. The lowest BCUT2D eigenvalue weighted by molar-refractivity contribution is -0.134. The summed E-state index contributed by atoms with van der Waals surface area (Å²) in [6.45, 7) is 0.316. The molecule has 4 aromatic rings. The fraction of sp³-hybridized carbons (Fsp3) is 0.190. The molecule has 1 aromatic carbocycles. The van der Waals surface area contributed by atoms with Gasteiger partial charge >= 0.3 is 6.18 Å². The summed E-state index contributed by atoms with van der Waals surface area (Å²) in [7, 11) is 3.08. The number of hydrogen-bond acceptors (Lipinski definition) is 7. The van der Waals surface area contributed by atoms with E-state index < -0.39 is 11.1 Å². The second-order valence-corrected chi connectivity index (χ2v) is 7.54. The molecule has 10 heteroatoms. The van der Waals surface area contributed by atoms with E-state index in [1.165, 1.54) is 7.11 Å². The van der Waals surface area contributed by atoms with Crippen LogP contribution in [0.5, 0.6) is 11.5 Å². The van der Waals surface area contributed by atoms with Crippen LogP contribution in [0.3, 0.4) is 0 Å². The van der Waals surface area contributed by atoms with Crippen molar-refractivity contribution in [1.29, 1.82) is 0 Å². The van der Waals surface area contributed by atoms with Gasteiger partial charge in [0.15, 0.2) is 17.3 Å². The molecule has 0 amide bonds. The first-order chi connectivity index (χ1) is 14.9. The third-order valence-electron chi connectivity index (χ3n) is 4.50. The zero-order chi connectivity index (χ0) is 22.0. The van der Waals surface area contributed by atoms with Crippen LogP contribution in [0.25, 0.3) is 21.6 Å². The number of methoxy groups -OCH3 is 2. The average Bonchev–Trinajstić information content (AvgIpc) is 3.23. The van der Waals surface area contributed by atoms with Crippen LogP contribution in [-0.4, -0.2) is 29.2 Å². The van der Waals surface area contributed by atoms with E-state index in [0.717, 1.165) is 11.6 Å². The Labute approximate surface area is 179 Å². The maximum atomic E-state index is 13.3. The molecule has 3 aromatic heterocycles. The molecule has 1 N–H and O–H groups in total. The van der Waals surface area contributed by atoms with E-state index in [4.69, 9.17) is 9.47 Å². The van der Waals surface area contributed by atoms with Crippen LogP contribution in [0.4, 0.5) is 19.0 Å². The van der Waals surface area contributed by atoms with E-state index in [1.54, 1.807) is 43.8 Å². The van der Waals surface area contributed by atoms with Crippen LogP contribution >= 0.6 is 11.3 Å². The molecule has 0 aliphatic heterocycles. The third kappa shape index (κ3) is 4.38. The molecule has 0 fully saturated rings. The molecular weight excluding hydrogens is 429 g/mol. The van der Waals surface area contributed by atoms with Crippen LogP contribution in [-0.2, 0) is 12.7 Å². The minimum atomic E-state index is -4.46. The molecule has 6 nitrogen and oxygen atoms in total. The van der Waals surface area contributed by atoms with Crippen molar-refractivity contribution in [3.8, 4) is 22.9 Å². The van der Waals surface area contributed by atoms with E-state index in [2.05, 4.69) is 20.3 Å². The van der Waals surface area contributed by atoms with Gasteiger partial charge < -0.3 is 14.8 Å². The first-order valence-electron chi connectivity index (χ1n) is 9.13. The highest BCUT2D eigenvalue weighted by molar-refractivity contribution is 7.18. The fourth-order valence-electron chi connectivity index (χ4n) is 3.00. The summed E-state index contributed by atoms with van der Waals surface area (Å²) in [5, 5.41) is 3.45. The number of rotatable bonds is 6. The molecular formula is C21H17F3N4O2S. The Hall–Kier alpha value is -3.40. The maximum Gasteiger partial charge on any atom is 0.425 e. The van der Waals surface area contributed by atoms with Crippen LogP contribution in [0.2, 0.25) is 0 Å². The van der Waals surface area contributed by atoms with Gasteiger partial charge in [0.2, 0.25) is 0 Å². The number of pyridine rings is 1. The van der Waals surface area contributed by atoms with Gasteiger partial charge in [-0.05, 0) is 35.9 Å². The average molecular weight is 446 g/mol. The van der Waals surface area contributed by atoms with E-state index in [-0.39, 0.29) is 4.83 Å². The second-order valence-electron chi connectivity index (χ2n) is 6.51. The number of alkyl halides is 3. The number of nitrogens with one attached hydrogen (secondary N) is 1. The lowest BCUT2D eigenvalue weighted by Crippen LogP contribution is -2.04. The van der Waals surface area contributed by atoms with Crippen molar-refractivity contribution in [2.75, 3.05) is 19.5 Å². The van der Waals surface area contributed by atoms with Gasteiger partial charge in [-0.2, -0.15) is 13.2 Å². The highest BCUT2D eigenvalue weighted by atomic mass is 32.1. The molecule has 0 aliphatic carbocycles. The summed E-state index contributed by atoms with van der Waals surface area (Å²) in [6.07, 6.45) is -1.29. The Morgan fingerprint density at radius 2 is 1.84 bits per heavy atom. The van der Waals surface area contributed by atoms with Crippen molar-refractivity contribution in [3.63, 3.8) is 0 Å². The molecule has 0 bridgehead atoms. The van der Waals surface area contributed by atoms with Crippen molar-refractivity contribution in [1.82, 2.24) is 15.0 Å². The molecule has 0 unspecified atom stereocenters. The number of anilines is 1. The highest BCUT2D eigenvalue weighted by Crippen LogP contribution is 2.40. The number of ether oxygens (including phenoxy) is 2. The standard InChI is InChI=1S/C21H17F3N4O2S/c1-29-15-6-5-12(8-16(15)30-2)10-26-19-14-9-17(21(22,23)24)31-20(14)28-18(27-19)13-4-3-7-25-11-13/h3-9,11H,10H2,1-2H3,(H,26,27,28). The van der Waals surface area contributed by atoms with Gasteiger partial charge in [0.05, 0.1) is 19.6 Å². The Morgan fingerprint density at radius 3 is 2.52 bits per heavy atom. The van der Waals surface area contributed by atoms with Crippen molar-refractivity contribution in [3.05, 3.63) is 59.2 Å². The number of thiophene rings is 1. The van der Waals surface area contributed by atoms with E-state index >= 15 is 0 Å². The zero-order valence-electron chi connectivity index (χ0n) is 16.5. The van der Waals surface area contributed by atoms with Crippen LogP contribution in [0, 0.1) is 0 Å². The summed E-state index contributed by atoms with van der Waals surface area (Å²) in [6, 6.07) is 9.94. The van der Waals surface area contributed by atoms with Crippen molar-refractivity contribution in [2.24, 2.45) is 0 Å². The normalized spacial score (nSPS) is 11.5. The first-order valence-corrected chi connectivity index (χ1v) is 9.94. The van der Waals surface area contributed by atoms with E-state index in [0.29, 0.717) is 52.0 Å². The van der Waals surface area contributed by atoms with Crippen LogP contribution in [0.15, 0.2) is 48.8 Å². The largest absolute Gasteiger partial charge is 0.493 e. The molecule has 0 atom stereocenters.